The molecule has 0 aliphatic rings. The number of rotatable bonds is 7. The van der Waals surface area contributed by atoms with Crippen LogP contribution in [0, 0.1) is 5.92 Å². The Morgan fingerprint density at radius 3 is 2.75 bits per heavy atom. The highest BCUT2D eigenvalue weighted by Gasteiger charge is 2.09. The summed E-state index contributed by atoms with van der Waals surface area (Å²) in [6, 6.07) is 4.51. The molecule has 0 saturated carbocycles. The number of nitrogens with one attached hydrogen (secondary N) is 2. The Kier molecular flexibility index (Phi) is 5.30. The summed E-state index contributed by atoms with van der Waals surface area (Å²) in [7, 11) is 0. The van der Waals surface area contributed by atoms with Gasteiger partial charge in [0.1, 0.15) is 0 Å². The molecule has 2 aromatic rings. The second kappa shape index (κ2) is 7.20. The van der Waals surface area contributed by atoms with Gasteiger partial charge >= 0.3 is 0 Å². The predicted octanol–water partition coefficient (Wildman–Crippen LogP) is 3.39. The molecule has 1 unspecified atom stereocenters. The van der Waals surface area contributed by atoms with E-state index in [2.05, 4.69) is 41.3 Å². The van der Waals surface area contributed by atoms with Gasteiger partial charge in [-0.3, -0.25) is 10.1 Å². The monoisotopic (exact) mass is 272 g/mol. The number of hydrogen-bond acceptors (Lipinski definition) is 3. The Morgan fingerprint density at radius 2 is 2.05 bits per heavy atom. The van der Waals surface area contributed by atoms with Crippen LogP contribution in [0.25, 0.3) is 11.3 Å². The van der Waals surface area contributed by atoms with E-state index in [0.717, 1.165) is 23.7 Å². The molecule has 108 valence electrons. The average molecular weight is 272 g/mol. The summed E-state index contributed by atoms with van der Waals surface area (Å²) in [4.78, 5) is 4.16. The van der Waals surface area contributed by atoms with Crippen LogP contribution >= 0.6 is 0 Å². The third-order valence-electron chi connectivity index (χ3n) is 3.49. The maximum Gasteiger partial charge on any atom is 0.0710 e. The van der Waals surface area contributed by atoms with Crippen molar-refractivity contribution in [2.24, 2.45) is 5.92 Å². The van der Waals surface area contributed by atoms with Crippen LogP contribution in [0.15, 0.2) is 30.7 Å². The van der Waals surface area contributed by atoms with Crippen LogP contribution in [-0.2, 0) is 6.54 Å². The van der Waals surface area contributed by atoms with Gasteiger partial charge in [-0.1, -0.05) is 13.8 Å². The molecule has 0 fully saturated rings. The van der Waals surface area contributed by atoms with Crippen LogP contribution < -0.4 is 5.32 Å². The van der Waals surface area contributed by atoms with Crippen molar-refractivity contribution in [1.29, 1.82) is 0 Å². The van der Waals surface area contributed by atoms with Gasteiger partial charge in [-0.2, -0.15) is 5.10 Å². The van der Waals surface area contributed by atoms with Gasteiger partial charge in [0.05, 0.1) is 11.9 Å². The smallest absolute Gasteiger partial charge is 0.0710 e. The van der Waals surface area contributed by atoms with Gasteiger partial charge in [-0.05, 0) is 37.8 Å². The molecule has 2 rings (SSSR count). The molecule has 0 aliphatic heterocycles. The highest BCUT2D eigenvalue weighted by molar-refractivity contribution is 5.61. The highest BCUT2D eigenvalue weighted by atomic mass is 15.1. The van der Waals surface area contributed by atoms with Crippen LogP contribution in [0.1, 0.15) is 39.2 Å². The van der Waals surface area contributed by atoms with Crippen LogP contribution in [-0.4, -0.2) is 21.2 Å². The molecule has 0 saturated heterocycles. The van der Waals surface area contributed by atoms with E-state index in [0.29, 0.717) is 6.04 Å². The minimum absolute atomic E-state index is 0.522. The molecule has 0 aromatic carbocycles. The van der Waals surface area contributed by atoms with E-state index < -0.39 is 0 Å². The largest absolute Gasteiger partial charge is 0.310 e. The third-order valence-corrected chi connectivity index (χ3v) is 3.49. The fourth-order valence-electron chi connectivity index (χ4n) is 2.18. The normalized spacial score (nSPS) is 12.8. The lowest BCUT2D eigenvalue weighted by molar-refractivity contribution is 0.451. The number of nitrogens with zero attached hydrogens (tertiary/aromatic N) is 2. The lowest BCUT2D eigenvalue weighted by Gasteiger charge is -2.15. The molecular weight excluding hydrogens is 248 g/mol. The first kappa shape index (κ1) is 14.7. The maximum absolute atomic E-state index is 4.16. The van der Waals surface area contributed by atoms with Crippen molar-refractivity contribution in [1.82, 2.24) is 20.5 Å². The third kappa shape index (κ3) is 4.17. The molecule has 0 spiro atoms. The maximum atomic E-state index is 4.16. The number of H-pyrrole nitrogens is 1. The highest BCUT2D eigenvalue weighted by Crippen LogP contribution is 2.19. The molecule has 2 heterocycles. The van der Waals surface area contributed by atoms with Gasteiger partial charge in [0.2, 0.25) is 0 Å². The molecular formula is C16H24N4. The first-order valence-corrected chi connectivity index (χ1v) is 7.33. The van der Waals surface area contributed by atoms with Crippen molar-refractivity contribution in [2.45, 2.75) is 46.2 Å². The van der Waals surface area contributed by atoms with Crippen molar-refractivity contribution in [3.63, 3.8) is 0 Å². The summed E-state index contributed by atoms with van der Waals surface area (Å²) >= 11 is 0. The van der Waals surface area contributed by atoms with E-state index in [1.165, 1.54) is 18.4 Å². The minimum Gasteiger partial charge on any atom is -0.310 e. The summed E-state index contributed by atoms with van der Waals surface area (Å²) in [6.07, 6.45) is 8.00. The zero-order chi connectivity index (χ0) is 14.4. The molecule has 4 heteroatoms. The summed E-state index contributed by atoms with van der Waals surface area (Å²) < 4.78 is 0. The zero-order valence-corrected chi connectivity index (χ0v) is 12.6. The van der Waals surface area contributed by atoms with Crippen LogP contribution in [0.2, 0.25) is 0 Å². The van der Waals surface area contributed by atoms with Crippen molar-refractivity contribution in [3.8, 4) is 11.3 Å². The average Bonchev–Trinajstić information content (AvgIpc) is 2.92. The first-order chi connectivity index (χ1) is 9.66. The Morgan fingerprint density at radius 1 is 1.20 bits per heavy atom. The van der Waals surface area contributed by atoms with Crippen molar-refractivity contribution in [3.05, 3.63) is 36.3 Å². The Labute approximate surface area is 121 Å². The lowest BCUT2D eigenvalue weighted by atomic mass is 10.0. The second-order valence-electron chi connectivity index (χ2n) is 5.77. The molecule has 0 aliphatic carbocycles. The SMILES string of the molecule is CC(C)CCC(C)NCc1cn[nH]c1-c1cccnc1. The molecule has 4 nitrogen and oxygen atoms in total. The van der Waals surface area contributed by atoms with Gasteiger partial charge in [0, 0.05) is 36.1 Å². The van der Waals surface area contributed by atoms with Gasteiger partial charge in [0.25, 0.3) is 0 Å². The van der Waals surface area contributed by atoms with Crippen LogP contribution in [0.3, 0.4) is 0 Å². The first-order valence-electron chi connectivity index (χ1n) is 7.33. The Bertz CT molecular complexity index is 504. The molecule has 0 bridgehead atoms. The quantitative estimate of drug-likeness (QED) is 0.812. The standard InChI is InChI=1S/C16H24N4/c1-12(2)6-7-13(3)18-10-15-11-19-20-16(15)14-5-4-8-17-9-14/h4-5,8-9,11-13,18H,6-7,10H2,1-3H3,(H,19,20). The minimum atomic E-state index is 0.522. The predicted molar refractivity (Wildman–Crippen MR) is 82.2 cm³/mol. The molecule has 2 aromatic heterocycles. The fraction of sp³-hybridized carbons (Fsp3) is 0.500. The molecule has 20 heavy (non-hydrogen) atoms. The van der Waals surface area contributed by atoms with Crippen molar-refractivity contribution < 1.29 is 0 Å². The summed E-state index contributed by atoms with van der Waals surface area (Å²) in [5, 5.41) is 10.8. The molecule has 0 radical (unpaired) electrons. The van der Waals surface area contributed by atoms with Gasteiger partial charge in [0.15, 0.2) is 0 Å². The van der Waals surface area contributed by atoms with Crippen molar-refractivity contribution >= 4 is 0 Å². The second-order valence-corrected chi connectivity index (χ2v) is 5.77. The molecule has 1 atom stereocenters. The van der Waals surface area contributed by atoms with E-state index in [4.69, 9.17) is 0 Å². The summed E-state index contributed by atoms with van der Waals surface area (Å²) in [5.74, 6) is 0.763. The number of pyridine rings is 1. The van der Waals surface area contributed by atoms with E-state index in [1.807, 2.05) is 24.5 Å². The molecule has 2 N–H and O–H groups in total. The van der Waals surface area contributed by atoms with E-state index in [1.54, 1.807) is 6.20 Å². The lowest BCUT2D eigenvalue weighted by Crippen LogP contribution is -2.25. The molecule has 0 amide bonds. The Hall–Kier alpha value is -1.68. The topological polar surface area (TPSA) is 53.6 Å². The summed E-state index contributed by atoms with van der Waals surface area (Å²) in [6.45, 7) is 7.61. The fourth-order valence-corrected chi connectivity index (χ4v) is 2.18. The summed E-state index contributed by atoms with van der Waals surface area (Å²) in [5.41, 5.74) is 3.33. The zero-order valence-electron chi connectivity index (χ0n) is 12.6. The van der Waals surface area contributed by atoms with Gasteiger partial charge < -0.3 is 5.32 Å². The van der Waals surface area contributed by atoms with E-state index in [9.17, 15) is 0 Å². The van der Waals surface area contributed by atoms with Crippen molar-refractivity contribution in [2.75, 3.05) is 0 Å². The van der Waals surface area contributed by atoms with Gasteiger partial charge in [-0.25, -0.2) is 0 Å². The van der Waals surface area contributed by atoms with Crippen LogP contribution in [0.4, 0.5) is 0 Å². The number of hydrogen-bond donors (Lipinski definition) is 2. The number of aromatic amines is 1. The van der Waals surface area contributed by atoms with Crippen LogP contribution in [0.5, 0.6) is 0 Å². The number of aromatic nitrogens is 3. The Balaban J connectivity index is 1.93. The van der Waals surface area contributed by atoms with Gasteiger partial charge in [-0.15, -0.1) is 0 Å². The van der Waals surface area contributed by atoms with E-state index >= 15 is 0 Å². The van der Waals surface area contributed by atoms with E-state index in [-0.39, 0.29) is 0 Å².